The Balaban J connectivity index is 1.76. The van der Waals surface area contributed by atoms with Crippen LogP contribution in [0.2, 0.25) is 0 Å². The first-order valence-electron chi connectivity index (χ1n) is 8.52. The molecule has 3 aliphatic rings. The summed E-state index contributed by atoms with van der Waals surface area (Å²) in [6.07, 6.45) is 5.22. The van der Waals surface area contributed by atoms with Gasteiger partial charge in [0.1, 0.15) is 0 Å². The summed E-state index contributed by atoms with van der Waals surface area (Å²) in [7, 11) is 0. The molecular weight excluding hydrogens is 308 g/mol. The highest BCUT2D eigenvalue weighted by Crippen LogP contribution is 2.61. The molecule has 1 fully saturated rings. The Morgan fingerprint density at radius 3 is 2.88 bits per heavy atom. The van der Waals surface area contributed by atoms with Gasteiger partial charge < -0.3 is 19.3 Å². The van der Waals surface area contributed by atoms with Crippen molar-refractivity contribution >= 4 is 5.78 Å². The van der Waals surface area contributed by atoms with Crippen LogP contribution in [0.5, 0.6) is 11.5 Å². The third-order valence-corrected chi connectivity index (χ3v) is 5.80. The quantitative estimate of drug-likeness (QED) is 0.922. The molecule has 0 aromatic heterocycles. The Hall–Kier alpha value is -1.85. The van der Waals surface area contributed by atoms with Gasteiger partial charge in [0.15, 0.2) is 11.5 Å². The molecule has 0 unspecified atom stereocenters. The zero-order chi connectivity index (χ0) is 16.9. The van der Waals surface area contributed by atoms with Gasteiger partial charge in [-0.1, -0.05) is 32.4 Å². The van der Waals surface area contributed by atoms with Crippen LogP contribution in [-0.4, -0.2) is 23.5 Å². The standard InChI is InChI=1S/C19H22O5/c1-3-8-18-9-4-5-16(20)19(18,21)24-17(12(18)2)13-6-7-14-15(10-13)23-11-22-14/h4-7,10,12,17,21H,3,8-9,11H2,1-2H3/t12-,17+,18-,19-/m1/s1. The normalized spacial score (nSPS) is 36.9. The van der Waals surface area contributed by atoms with Gasteiger partial charge in [0, 0.05) is 5.41 Å². The Morgan fingerprint density at radius 2 is 2.08 bits per heavy atom. The monoisotopic (exact) mass is 330 g/mol. The molecule has 2 heterocycles. The number of rotatable bonds is 3. The van der Waals surface area contributed by atoms with Crippen LogP contribution in [0.4, 0.5) is 0 Å². The van der Waals surface area contributed by atoms with E-state index in [1.165, 1.54) is 6.08 Å². The zero-order valence-corrected chi connectivity index (χ0v) is 14.0. The summed E-state index contributed by atoms with van der Waals surface area (Å²) in [4.78, 5) is 12.5. The Labute approximate surface area is 141 Å². The van der Waals surface area contributed by atoms with E-state index in [0.717, 1.165) is 18.4 Å². The van der Waals surface area contributed by atoms with Crippen LogP contribution in [0.25, 0.3) is 0 Å². The minimum Gasteiger partial charge on any atom is -0.454 e. The maximum atomic E-state index is 12.5. The molecule has 5 nitrogen and oxygen atoms in total. The molecule has 24 heavy (non-hydrogen) atoms. The van der Waals surface area contributed by atoms with Crippen molar-refractivity contribution in [3.05, 3.63) is 35.9 Å². The highest BCUT2D eigenvalue weighted by atomic mass is 16.7. The van der Waals surface area contributed by atoms with Crippen LogP contribution in [0.3, 0.4) is 0 Å². The summed E-state index contributed by atoms with van der Waals surface area (Å²) in [6.45, 7) is 4.35. The van der Waals surface area contributed by atoms with Crippen molar-refractivity contribution in [1.82, 2.24) is 0 Å². The fraction of sp³-hybridized carbons (Fsp3) is 0.526. The lowest BCUT2D eigenvalue weighted by Gasteiger charge is -2.42. The maximum Gasteiger partial charge on any atom is 0.237 e. The van der Waals surface area contributed by atoms with E-state index in [2.05, 4.69) is 13.8 Å². The van der Waals surface area contributed by atoms with Gasteiger partial charge in [-0.15, -0.1) is 0 Å². The molecule has 0 saturated carbocycles. The van der Waals surface area contributed by atoms with Crippen LogP contribution >= 0.6 is 0 Å². The van der Waals surface area contributed by atoms with Gasteiger partial charge in [0.2, 0.25) is 18.4 Å². The summed E-state index contributed by atoms with van der Waals surface area (Å²) in [5, 5.41) is 11.2. The van der Waals surface area contributed by atoms with Crippen LogP contribution < -0.4 is 9.47 Å². The van der Waals surface area contributed by atoms with E-state index < -0.39 is 11.2 Å². The number of ketones is 1. The van der Waals surface area contributed by atoms with Crippen molar-refractivity contribution < 1.29 is 24.1 Å². The number of carbonyl (C=O) groups excluding carboxylic acids is 1. The van der Waals surface area contributed by atoms with Gasteiger partial charge in [0.25, 0.3) is 0 Å². The zero-order valence-electron chi connectivity index (χ0n) is 14.0. The van der Waals surface area contributed by atoms with E-state index in [4.69, 9.17) is 14.2 Å². The maximum absolute atomic E-state index is 12.5. The van der Waals surface area contributed by atoms with Crippen molar-refractivity contribution in [2.24, 2.45) is 11.3 Å². The lowest BCUT2D eigenvalue weighted by Crippen LogP contribution is -2.54. The van der Waals surface area contributed by atoms with E-state index in [1.807, 2.05) is 24.3 Å². The number of hydrogen-bond acceptors (Lipinski definition) is 5. The highest BCUT2D eigenvalue weighted by Gasteiger charge is 2.66. The Morgan fingerprint density at radius 1 is 1.29 bits per heavy atom. The third-order valence-electron chi connectivity index (χ3n) is 5.80. The molecule has 1 N–H and O–H groups in total. The van der Waals surface area contributed by atoms with Gasteiger partial charge in [-0.3, -0.25) is 4.79 Å². The second-order valence-corrected chi connectivity index (χ2v) is 6.96. The lowest BCUT2D eigenvalue weighted by atomic mass is 9.62. The Bertz CT molecular complexity index is 712. The van der Waals surface area contributed by atoms with E-state index in [-0.39, 0.29) is 24.6 Å². The second kappa shape index (κ2) is 5.33. The first kappa shape index (κ1) is 15.7. The van der Waals surface area contributed by atoms with Crippen molar-refractivity contribution in [1.29, 1.82) is 0 Å². The average Bonchev–Trinajstić information content (AvgIpc) is 3.12. The topological polar surface area (TPSA) is 65.0 Å². The van der Waals surface area contributed by atoms with Gasteiger partial charge in [-0.05, 0) is 42.5 Å². The van der Waals surface area contributed by atoms with E-state index in [1.54, 1.807) is 0 Å². The molecular formula is C19H22O5. The molecule has 4 rings (SSSR count). The molecule has 0 radical (unpaired) electrons. The number of carbonyl (C=O) groups is 1. The summed E-state index contributed by atoms with van der Waals surface area (Å²) < 4.78 is 16.8. The van der Waals surface area contributed by atoms with Crippen LogP contribution in [0.15, 0.2) is 30.4 Å². The van der Waals surface area contributed by atoms with E-state index >= 15 is 0 Å². The lowest BCUT2D eigenvalue weighted by molar-refractivity contribution is -0.231. The van der Waals surface area contributed by atoms with Crippen molar-refractivity contribution in [3.8, 4) is 11.5 Å². The highest BCUT2D eigenvalue weighted by molar-refractivity contribution is 5.97. The second-order valence-electron chi connectivity index (χ2n) is 6.96. The van der Waals surface area contributed by atoms with Crippen molar-refractivity contribution in [3.63, 3.8) is 0 Å². The molecule has 4 atom stereocenters. The number of allylic oxidation sites excluding steroid dienone is 1. The summed E-state index contributed by atoms with van der Waals surface area (Å²) >= 11 is 0. The van der Waals surface area contributed by atoms with Crippen LogP contribution in [0, 0.1) is 11.3 Å². The van der Waals surface area contributed by atoms with Crippen molar-refractivity contribution in [2.45, 2.75) is 45.0 Å². The van der Waals surface area contributed by atoms with E-state index in [9.17, 15) is 9.90 Å². The fourth-order valence-corrected chi connectivity index (χ4v) is 4.51. The fourth-order valence-electron chi connectivity index (χ4n) is 4.51. The third kappa shape index (κ3) is 1.91. The van der Waals surface area contributed by atoms with Gasteiger partial charge in [-0.2, -0.15) is 0 Å². The molecule has 0 bridgehead atoms. The number of fused-ring (bicyclic) bond motifs is 2. The molecule has 5 heteroatoms. The summed E-state index contributed by atoms with van der Waals surface area (Å²) in [5.74, 6) is -0.715. The predicted molar refractivity (Wildman–Crippen MR) is 86.6 cm³/mol. The first-order valence-corrected chi connectivity index (χ1v) is 8.52. The van der Waals surface area contributed by atoms with Gasteiger partial charge in [0.05, 0.1) is 6.10 Å². The minimum absolute atomic E-state index is 0.00304. The molecule has 1 aliphatic carbocycles. The van der Waals surface area contributed by atoms with Gasteiger partial charge >= 0.3 is 0 Å². The molecule has 1 aromatic rings. The molecule has 1 aromatic carbocycles. The van der Waals surface area contributed by atoms with E-state index in [0.29, 0.717) is 17.9 Å². The van der Waals surface area contributed by atoms with Crippen LogP contribution in [0.1, 0.15) is 44.8 Å². The van der Waals surface area contributed by atoms with Gasteiger partial charge in [-0.25, -0.2) is 0 Å². The molecule has 0 spiro atoms. The first-order chi connectivity index (χ1) is 11.5. The largest absolute Gasteiger partial charge is 0.454 e. The van der Waals surface area contributed by atoms with Crippen molar-refractivity contribution in [2.75, 3.05) is 6.79 Å². The number of hydrogen-bond donors (Lipinski definition) is 1. The number of aliphatic hydroxyl groups is 1. The smallest absolute Gasteiger partial charge is 0.237 e. The van der Waals surface area contributed by atoms with Crippen LogP contribution in [-0.2, 0) is 9.53 Å². The number of ether oxygens (including phenoxy) is 3. The molecule has 2 aliphatic heterocycles. The minimum atomic E-state index is -1.75. The molecule has 1 saturated heterocycles. The predicted octanol–water partition coefficient (Wildman–Crippen LogP) is 3.13. The molecule has 128 valence electrons. The summed E-state index contributed by atoms with van der Waals surface area (Å²) in [6, 6.07) is 5.67. The number of benzene rings is 1. The Kier molecular flexibility index (Phi) is 3.48. The summed E-state index contributed by atoms with van der Waals surface area (Å²) in [5.41, 5.74) is 0.312. The SMILES string of the molecule is CCC[C@]12CC=CC(=O)[C@@]1(O)O[C@H](c1ccc3c(c1)OCO3)[C@H]2C. The average molecular weight is 330 g/mol. The molecule has 0 amide bonds.